The Hall–Kier alpha value is -1.29. The highest BCUT2D eigenvalue weighted by Crippen LogP contribution is 2.44. The molecule has 1 N–H and O–H groups in total. The number of benzene rings is 2. The van der Waals surface area contributed by atoms with Gasteiger partial charge in [0, 0.05) is 30.3 Å². The first-order valence-corrected chi connectivity index (χ1v) is 9.03. The molecule has 2 aliphatic heterocycles. The highest BCUT2D eigenvalue weighted by molar-refractivity contribution is 7.98. The SMILES string of the molecule is CNCC1CN(C2c3ccccc3CSc3ccccc32)C1. The summed E-state index contributed by atoms with van der Waals surface area (Å²) in [7, 11) is 2.05. The van der Waals surface area contributed by atoms with Gasteiger partial charge in [0.1, 0.15) is 0 Å². The maximum atomic E-state index is 3.31. The quantitative estimate of drug-likeness (QED) is 0.933. The lowest BCUT2D eigenvalue weighted by molar-refractivity contribution is 0.0685. The molecule has 0 radical (unpaired) electrons. The third-order valence-corrected chi connectivity index (χ3v) is 5.93. The van der Waals surface area contributed by atoms with Gasteiger partial charge in [-0.2, -0.15) is 0 Å². The van der Waals surface area contributed by atoms with E-state index in [1.807, 2.05) is 11.8 Å². The standard InChI is InChI=1S/C19H22N2S/c1-20-10-14-11-21(12-14)19-16-7-3-2-6-15(16)13-22-18-9-5-4-8-17(18)19/h2-9,14,19-20H,10-13H2,1H3. The molecule has 0 bridgehead atoms. The molecule has 2 aromatic rings. The van der Waals surface area contributed by atoms with Gasteiger partial charge >= 0.3 is 0 Å². The predicted molar refractivity (Wildman–Crippen MR) is 93.3 cm³/mol. The molecule has 2 aliphatic rings. The van der Waals surface area contributed by atoms with Gasteiger partial charge in [-0.15, -0.1) is 11.8 Å². The molecule has 0 spiro atoms. The van der Waals surface area contributed by atoms with Crippen LogP contribution in [-0.2, 0) is 5.75 Å². The van der Waals surface area contributed by atoms with Crippen molar-refractivity contribution >= 4 is 11.8 Å². The largest absolute Gasteiger partial charge is 0.319 e. The molecule has 0 aliphatic carbocycles. The minimum atomic E-state index is 0.426. The first kappa shape index (κ1) is 14.3. The monoisotopic (exact) mass is 310 g/mol. The van der Waals surface area contributed by atoms with Gasteiger partial charge in [-0.05, 0) is 35.7 Å². The topological polar surface area (TPSA) is 15.3 Å². The Kier molecular flexibility index (Phi) is 3.95. The average molecular weight is 310 g/mol. The first-order valence-electron chi connectivity index (χ1n) is 8.05. The van der Waals surface area contributed by atoms with Crippen LogP contribution in [-0.4, -0.2) is 31.6 Å². The van der Waals surface area contributed by atoms with Gasteiger partial charge in [-0.3, -0.25) is 4.90 Å². The molecular weight excluding hydrogens is 288 g/mol. The van der Waals surface area contributed by atoms with Crippen molar-refractivity contribution in [1.82, 2.24) is 10.2 Å². The van der Waals surface area contributed by atoms with Crippen molar-refractivity contribution in [3.63, 3.8) is 0 Å². The fourth-order valence-electron chi connectivity index (χ4n) is 3.73. The summed E-state index contributed by atoms with van der Waals surface area (Å²) >= 11 is 1.98. The van der Waals surface area contributed by atoms with Crippen LogP contribution in [0.4, 0.5) is 0 Å². The Morgan fingerprint density at radius 2 is 1.77 bits per heavy atom. The van der Waals surface area contributed by atoms with Crippen LogP contribution in [0, 0.1) is 5.92 Å². The predicted octanol–water partition coefficient (Wildman–Crippen LogP) is 3.53. The van der Waals surface area contributed by atoms with Crippen LogP contribution in [0.2, 0.25) is 0 Å². The second-order valence-corrected chi connectivity index (χ2v) is 7.32. The highest BCUT2D eigenvalue weighted by atomic mass is 32.2. The van der Waals surface area contributed by atoms with E-state index in [4.69, 9.17) is 0 Å². The van der Waals surface area contributed by atoms with Gasteiger partial charge < -0.3 is 5.32 Å². The number of hydrogen-bond acceptors (Lipinski definition) is 3. The van der Waals surface area contributed by atoms with Crippen LogP contribution in [0.15, 0.2) is 53.4 Å². The number of nitrogens with zero attached hydrogens (tertiary/aromatic N) is 1. The summed E-state index contributed by atoms with van der Waals surface area (Å²) in [5.74, 6) is 1.87. The summed E-state index contributed by atoms with van der Waals surface area (Å²) in [4.78, 5) is 4.09. The van der Waals surface area contributed by atoms with Crippen molar-refractivity contribution in [2.45, 2.75) is 16.7 Å². The average Bonchev–Trinajstić information content (AvgIpc) is 2.68. The molecular formula is C19H22N2S. The maximum Gasteiger partial charge on any atom is 0.0616 e. The van der Waals surface area contributed by atoms with Crippen LogP contribution in [0.3, 0.4) is 0 Å². The molecule has 3 heteroatoms. The van der Waals surface area contributed by atoms with Crippen molar-refractivity contribution in [3.05, 3.63) is 65.2 Å². The Balaban J connectivity index is 1.72. The van der Waals surface area contributed by atoms with Gasteiger partial charge in [0.2, 0.25) is 0 Å². The Bertz CT molecular complexity index is 616. The molecule has 4 rings (SSSR count). The molecule has 0 amide bonds. The summed E-state index contributed by atoms with van der Waals surface area (Å²) in [5, 5.41) is 3.31. The Morgan fingerprint density at radius 3 is 2.59 bits per heavy atom. The van der Waals surface area contributed by atoms with E-state index in [1.54, 1.807) is 0 Å². The van der Waals surface area contributed by atoms with E-state index >= 15 is 0 Å². The lowest BCUT2D eigenvalue weighted by Crippen LogP contribution is -2.52. The van der Waals surface area contributed by atoms with E-state index in [0.29, 0.717) is 6.04 Å². The first-order chi connectivity index (χ1) is 10.9. The number of rotatable bonds is 3. The van der Waals surface area contributed by atoms with E-state index in [0.717, 1.165) is 18.2 Å². The second-order valence-electron chi connectivity index (χ2n) is 6.31. The Morgan fingerprint density at radius 1 is 1.05 bits per heavy atom. The minimum Gasteiger partial charge on any atom is -0.319 e. The third kappa shape index (κ3) is 2.47. The summed E-state index contributed by atoms with van der Waals surface area (Å²) in [6.45, 7) is 3.51. The van der Waals surface area contributed by atoms with E-state index in [-0.39, 0.29) is 0 Å². The molecule has 2 heterocycles. The number of fused-ring (bicyclic) bond motifs is 2. The zero-order valence-electron chi connectivity index (χ0n) is 13.0. The summed E-state index contributed by atoms with van der Waals surface area (Å²) in [5.41, 5.74) is 4.48. The molecule has 1 atom stereocenters. The van der Waals surface area contributed by atoms with E-state index in [2.05, 4.69) is 65.8 Å². The lowest BCUT2D eigenvalue weighted by Gasteiger charge is -2.45. The molecule has 1 fully saturated rings. The van der Waals surface area contributed by atoms with E-state index in [9.17, 15) is 0 Å². The fourth-order valence-corrected chi connectivity index (χ4v) is 4.82. The van der Waals surface area contributed by atoms with Crippen LogP contribution < -0.4 is 5.32 Å². The van der Waals surface area contributed by atoms with Gasteiger partial charge in [0.05, 0.1) is 6.04 Å². The van der Waals surface area contributed by atoms with Crippen molar-refractivity contribution < 1.29 is 0 Å². The summed E-state index contributed by atoms with van der Waals surface area (Å²) < 4.78 is 0. The van der Waals surface area contributed by atoms with Crippen LogP contribution >= 0.6 is 11.8 Å². The van der Waals surface area contributed by atoms with Gasteiger partial charge in [0.25, 0.3) is 0 Å². The highest BCUT2D eigenvalue weighted by Gasteiger charge is 2.36. The number of nitrogens with one attached hydrogen (secondary N) is 1. The number of thioether (sulfide) groups is 1. The molecule has 1 saturated heterocycles. The Labute approximate surface area is 136 Å². The van der Waals surface area contributed by atoms with Crippen LogP contribution in [0.5, 0.6) is 0 Å². The normalized spacial score (nSPS) is 21.6. The van der Waals surface area contributed by atoms with E-state index < -0.39 is 0 Å². The lowest BCUT2D eigenvalue weighted by atomic mass is 9.88. The molecule has 114 valence electrons. The van der Waals surface area contributed by atoms with Crippen molar-refractivity contribution in [2.75, 3.05) is 26.7 Å². The molecule has 0 saturated carbocycles. The number of likely N-dealkylation sites (tertiary alicyclic amines) is 1. The van der Waals surface area contributed by atoms with Crippen molar-refractivity contribution in [2.24, 2.45) is 5.92 Å². The van der Waals surface area contributed by atoms with Crippen molar-refractivity contribution in [1.29, 1.82) is 0 Å². The number of hydrogen-bond donors (Lipinski definition) is 1. The third-order valence-electron chi connectivity index (χ3n) is 4.79. The summed E-state index contributed by atoms with van der Waals surface area (Å²) in [6.07, 6.45) is 0. The van der Waals surface area contributed by atoms with Crippen LogP contribution in [0.25, 0.3) is 0 Å². The van der Waals surface area contributed by atoms with Crippen molar-refractivity contribution in [3.8, 4) is 0 Å². The molecule has 0 aromatic heterocycles. The van der Waals surface area contributed by atoms with Gasteiger partial charge in [0.15, 0.2) is 0 Å². The van der Waals surface area contributed by atoms with Gasteiger partial charge in [-0.1, -0.05) is 42.5 Å². The zero-order chi connectivity index (χ0) is 14.9. The smallest absolute Gasteiger partial charge is 0.0616 e. The molecule has 1 unspecified atom stereocenters. The van der Waals surface area contributed by atoms with E-state index in [1.165, 1.54) is 34.7 Å². The second kappa shape index (κ2) is 6.07. The summed E-state index contributed by atoms with van der Waals surface area (Å²) in [6, 6.07) is 18.4. The van der Waals surface area contributed by atoms with Crippen LogP contribution in [0.1, 0.15) is 22.7 Å². The van der Waals surface area contributed by atoms with Gasteiger partial charge in [-0.25, -0.2) is 0 Å². The maximum absolute atomic E-state index is 3.31. The molecule has 2 nitrogen and oxygen atoms in total. The zero-order valence-corrected chi connectivity index (χ0v) is 13.8. The molecule has 2 aromatic carbocycles. The molecule has 22 heavy (non-hydrogen) atoms. The fraction of sp³-hybridized carbons (Fsp3) is 0.368. The minimum absolute atomic E-state index is 0.426.